The number of aromatic nitrogens is 2. The Labute approximate surface area is 201 Å². The third-order valence-electron chi connectivity index (χ3n) is 7.20. The number of nitrogens with zero attached hydrogens (tertiary/aromatic N) is 5. The molecular formula is C26H32N6OS. The number of rotatable bonds is 4. The van der Waals surface area contributed by atoms with Gasteiger partial charge in [0, 0.05) is 37.6 Å². The average Bonchev–Trinajstić information content (AvgIpc) is 3.55. The first-order valence-electron chi connectivity index (χ1n) is 12.4. The SMILES string of the molecule is Cc1ccc2nc(N3CCS(=O)(=NC4CC4)c4ccccc4C3)nc(N3CCC[C@@H]3CN)c2c1. The van der Waals surface area contributed by atoms with Gasteiger partial charge in [-0.2, -0.15) is 4.98 Å². The van der Waals surface area contributed by atoms with Crippen molar-refractivity contribution in [3.63, 3.8) is 0 Å². The van der Waals surface area contributed by atoms with Crippen molar-refractivity contribution in [1.29, 1.82) is 0 Å². The van der Waals surface area contributed by atoms with Crippen LogP contribution in [0.4, 0.5) is 11.8 Å². The van der Waals surface area contributed by atoms with Crippen molar-refractivity contribution in [2.45, 2.75) is 56.1 Å². The van der Waals surface area contributed by atoms with Crippen LogP contribution in [0.25, 0.3) is 10.9 Å². The van der Waals surface area contributed by atoms with Crippen LogP contribution < -0.4 is 15.5 Å². The van der Waals surface area contributed by atoms with E-state index in [1.165, 1.54) is 5.56 Å². The largest absolute Gasteiger partial charge is 0.352 e. The number of aryl methyl sites for hydroxylation is 1. The average molecular weight is 477 g/mol. The second-order valence-corrected chi connectivity index (χ2v) is 12.1. The fourth-order valence-corrected chi connectivity index (χ4v) is 7.64. The summed E-state index contributed by atoms with van der Waals surface area (Å²) in [6.07, 6.45) is 4.32. The summed E-state index contributed by atoms with van der Waals surface area (Å²) in [5.41, 5.74) is 9.32. The van der Waals surface area contributed by atoms with E-state index in [1.807, 2.05) is 18.2 Å². The van der Waals surface area contributed by atoms with Gasteiger partial charge in [-0.15, -0.1) is 0 Å². The van der Waals surface area contributed by atoms with Gasteiger partial charge in [0.05, 0.1) is 31.9 Å². The minimum atomic E-state index is -2.45. The fraction of sp³-hybridized carbons (Fsp3) is 0.462. The number of fused-ring (bicyclic) bond motifs is 2. The van der Waals surface area contributed by atoms with Crippen LogP contribution in [0.1, 0.15) is 36.8 Å². The smallest absolute Gasteiger partial charge is 0.228 e. The Morgan fingerprint density at radius 1 is 1.12 bits per heavy atom. The lowest BCUT2D eigenvalue weighted by Gasteiger charge is -2.28. The third kappa shape index (κ3) is 3.92. The number of nitrogens with two attached hydrogens (primary N) is 1. The van der Waals surface area contributed by atoms with Gasteiger partial charge in [0.15, 0.2) is 0 Å². The molecule has 2 aromatic carbocycles. The summed E-state index contributed by atoms with van der Waals surface area (Å²) in [4.78, 5) is 15.6. The highest BCUT2D eigenvalue weighted by Gasteiger charge is 2.31. The lowest BCUT2D eigenvalue weighted by Crippen LogP contribution is -2.36. The van der Waals surface area contributed by atoms with Gasteiger partial charge in [0.25, 0.3) is 0 Å². The van der Waals surface area contributed by atoms with E-state index in [1.54, 1.807) is 0 Å². The summed E-state index contributed by atoms with van der Waals surface area (Å²) in [6, 6.07) is 15.0. The topological polar surface area (TPSA) is 87.7 Å². The molecule has 7 nitrogen and oxygen atoms in total. The molecule has 1 saturated carbocycles. The van der Waals surface area contributed by atoms with Gasteiger partial charge in [0.1, 0.15) is 5.82 Å². The van der Waals surface area contributed by atoms with E-state index in [2.05, 4.69) is 41.0 Å². The molecule has 0 bridgehead atoms. The van der Waals surface area contributed by atoms with Crippen LogP contribution >= 0.6 is 0 Å². The van der Waals surface area contributed by atoms with Gasteiger partial charge in [-0.25, -0.2) is 13.6 Å². The molecule has 2 aliphatic heterocycles. The Kier molecular flexibility index (Phi) is 5.45. The Balaban J connectivity index is 1.46. The van der Waals surface area contributed by atoms with E-state index in [0.29, 0.717) is 37.4 Å². The van der Waals surface area contributed by atoms with Crippen LogP contribution in [0, 0.1) is 6.92 Å². The van der Waals surface area contributed by atoms with Crippen molar-refractivity contribution in [2.75, 3.05) is 35.2 Å². The molecule has 3 heterocycles. The van der Waals surface area contributed by atoms with Gasteiger partial charge in [-0.3, -0.25) is 0 Å². The molecule has 3 aliphatic rings. The first-order valence-corrected chi connectivity index (χ1v) is 14.0. The van der Waals surface area contributed by atoms with E-state index in [0.717, 1.165) is 59.4 Å². The van der Waals surface area contributed by atoms with Gasteiger partial charge in [-0.05, 0) is 56.4 Å². The summed E-state index contributed by atoms with van der Waals surface area (Å²) < 4.78 is 18.8. The lowest BCUT2D eigenvalue weighted by atomic mass is 10.1. The zero-order valence-corrected chi connectivity index (χ0v) is 20.5. The first-order chi connectivity index (χ1) is 16.5. The Morgan fingerprint density at radius 3 is 2.79 bits per heavy atom. The minimum absolute atomic E-state index is 0.252. The van der Waals surface area contributed by atoms with E-state index in [9.17, 15) is 4.21 Å². The zero-order valence-electron chi connectivity index (χ0n) is 19.7. The minimum Gasteiger partial charge on any atom is -0.352 e. The molecule has 0 radical (unpaired) electrons. The quantitative estimate of drug-likeness (QED) is 0.615. The third-order valence-corrected chi connectivity index (χ3v) is 9.67. The summed E-state index contributed by atoms with van der Waals surface area (Å²) in [6.45, 7) is 4.92. The maximum absolute atomic E-state index is 14.0. The molecular weight excluding hydrogens is 444 g/mol. The van der Waals surface area contributed by atoms with E-state index >= 15 is 0 Å². The van der Waals surface area contributed by atoms with Crippen molar-refractivity contribution in [3.05, 3.63) is 53.6 Å². The monoisotopic (exact) mass is 476 g/mol. The molecule has 0 amide bonds. The second kappa shape index (κ2) is 8.50. The molecule has 1 saturated heterocycles. The number of benzene rings is 2. The van der Waals surface area contributed by atoms with Crippen LogP contribution in [0.2, 0.25) is 0 Å². The predicted octanol–water partition coefficient (Wildman–Crippen LogP) is 3.88. The van der Waals surface area contributed by atoms with Crippen LogP contribution in [-0.4, -0.2) is 51.6 Å². The Bertz CT molecular complexity index is 1360. The predicted molar refractivity (Wildman–Crippen MR) is 138 cm³/mol. The molecule has 2 N–H and O–H groups in total. The van der Waals surface area contributed by atoms with E-state index in [-0.39, 0.29) is 6.04 Å². The molecule has 1 aromatic heterocycles. The van der Waals surface area contributed by atoms with Crippen LogP contribution in [0.5, 0.6) is 0 Å². The molecule has 0 spiro atoms. The molecule has 178 valence electrons. The van der Waals surface area contributed by atoms with E-state index in [4.69, 9.17) is 20.1 Å². The van der Waals surface area contributed by atoms with Crippen LogP contribution in [-0.2, 0) is 16.3 Å². The molecule has 8 heteroatoms. The van der Waals surface area contributed by atoms with Crippen LogP contribution in [0.3, 0.4) is 0 Å². The van der Waals surface area contributed by atoms with Gasteiger partial charge >= 0.3 is 0 Å². The van der Waals surface area contributed by atoms with Gasteiger partial charge in [-0.1, -0.05) is 29.8 Å². The first kappa shape index (κ1) is 21.8. The van der Waals surface area contributed by atoms with Gasteiger partial charge < -0.3 is 15.5 Å². The number of hydrogen-bond donors (Lipinski definition) is 1. The maximum Gasteiger partial charge on any atom is 0.228 e. The Morgan fingerprint density at radius 2 is 1.97 bits per heavy atom. The van der Waals surface area contributed by atoms with Crippen molar-refractivity contribution < 1.29 is 4.21 Å². The molecule has 6 rings (SSSR count). The maximum atomic E-state index is 14.0. The molecule has 3 aromatic rings. The van der Waals surface area contributed by atoms with Gasteiger partial charge in [0.2, 0.25) is 5.95 Å². The fourth-order valence-electron chi connectivity index (χ4n) is 5.21. The molecule has 1 aliphatic carbocycles. The zero-order chi connectivity index (χ0) is 23.3. The highest BCUT2D eigenvalue weighted by molar-refractivity contribution is 7.93. The lowest BCUT2D eigenvalue weighted by molar-refractivity contribution is 0.670. The number of anilines is 2. The van der Waals surface area contributed by atoms with Crippen molar-refractivity contribution in [3.8, 4) is 0 Å². The molecule has 2 fully saturated rings. The van der Waals surface area contributed by atoms with Crippen molar-refractivity contribution in [2.24, 2.45) is 10.1 Å². The highest BCUT2D eigenvalue weighted by atomic mass is 32.2. The van der Waals surface area contributed by atoms with Crippen molar-refractivity contribution >= 4 is 32.4 Å². The molecule has 34 heavy (non-hydrogen) atoms. The normalized spacial score (nSPS) is 24.8. The highest BCUT2D eigenvalue weighted by Crippen LogP contribution is 2.35. The summed E-state index contributed by atoms with van der Waals surface area (Å²) in [5.74, 6) is 2.16. The Hall–Kier alpha value is -2.71. The van der Waals surface area contributed by atoms with Crippen LogP contribution in [0.15, 0.2) is 51.7 Å². The second-order valence-electron chi connectivity index (χ2n) is 9.80. The molecule has 1 unspecified atom stereocenters. The van der Waals surface area contributed by atoms with E-state index < -0.39 is 9.73 Å². The number of hydrogen-bond acceptors (Lipinski definition) is 7. The molecule has 2 atom stereocenters. The summed E-state index contributed by atoms with van der Waals surface area (Å²) in [7, 11) is -2.45. The summed E-state index contributed by atoms with van der Waals surface area (Å²) >= 11 is 0. The standard InChI is InChI=1S/C26H32N6OS/c1-18-8-11-23-22(15-18)25(32-12-4-6-21(32)16-27)29-26(28-23)31-13-14-34(33,30-20-9-10-20)24-7-3-2-5-19(24)17-31/h2-3,5,7-8,11,15,20-21H,4,6,9-10,12-14,16-17,27H2,1H3/t21-,34?/m1/s1. The van der Waals surface area contributed by atoms with Crippen molar-refractivity contribution in [1.82, 2.24) is 9.97 Å². The summed E-state index contributed by atoms with van der Waals surface area (Å²) in [5, 5.41) is 1.08.